The van der Waals surface area contributed by atoms with Crippen molar-refractivity contribution < 1.29 is 27.9 Å². The van der Waals surface area contributed by atoms with Crippen LogP contribution in [0.15, 0.2) is 29.2 Å². The Morgan fingerprint density at radius 2 is 1.74 bits per heavy atom. The second-order valence-electron chi connectivity index (χ2n) is 7.05. The van der Waals surface area contributed by atoms with Gasteiger partial charge in [0.15, 0.2) is 9.84 Å². The van der Waals surface area contributed by atoms with Crippen LogP contribution in [0.25, 0.3) is 0 Å². The van der Waals surface area contributed by atoms with E-state index in [1.165, 1.54) is 17.0 Å². The first kappa shape index (κ1) is 21.2. The van der Waals surface area contributed by atoms with E-state index in [2.05, 4.69) is 0 Å². The summed E-state index contributed by atoms with van der Waals surface area (Å²) in [6.45, 7) is 0.290. The second kappa shape index (κ2) is 8.73. The maximum atomic E-state index is 12.5. The molecular weight excluding hydrogens is 370 g/mol. The number of carbonyl (C=O) groups is 2. The van der Waals surface area contributed by atoms with Crippen LogP contribution in [0.4, 0.5) is 0 Å². The summed E-state index contributed by atoms with van der Waals surface area (Å²) in [6, 6.07) is 6.10. The molecule has 1 N–H and O–H groups in total. The van der Waals surface area contributed by atoms with Crippen molar-refractivity contribution in [3.63, 3.8) is 0 Å². The van der Waals surface area contributed by atoms with Crippen LogP contribution in [-0.2, 0) is 19.4 Å². The van der Waals surface area contributed by atoms with Gasteiger partial charge in [0.1, 0.15) is 11.3 Å². The lowest BCUT2D eigenvalue weighted by atomic mass is 9.80. The fraction of sp³-hybridized carbons (Fsp3) is 0.579. The number of likely N-dealkylation sites (N-methyl/N-ethyl adjacent to an activating group) is 1. The highest BCUT2D eigenvalue weighted by molar-refractivity contribution is 7.90. The maximum Gasteiger partial charge on any atom is 0.329 e. The predicted molar refractivity (Wildman–Crippen MR) is 101 cm³/mol. The zero-order chi connectivity index (χ0) is 20.1. The number of hydrogen-bond donors (Lipinski definition) is 1. The second-order valence-corrected chi connectivity index (χ2v) is 9.06. The number of benzene rings is 1. The third-order valence-corrected chi connectivity index (χ3v) is 6.28. The fourth-order valence-electron chi connectivity index (χ4n) is 3.43. The molecule has 1 saturated carbocycles. The minimum Gasteiger partial charge on any atom is -0.494 e. The summed E-state index contributed by atoms with van der Waals surface area (Å²) in [5.41, 5.74) is -1.09. The average Bonchev–Trinajstić information content (AvgIpc) is 2.64. The van der Waals surface area contributed by atoms with Gasteiger partial charge in [-0.15, -0.1) is 0 Å². The first-order chi connectivity index (χ1) is 12.7. The van der Waals surface area contributed by atoms with Gasteiger partial charge in [-0.3, -0.25) is 4.79 Å². The Kier molecular flexibility index (Phi) is 6.86. The van der Waals surface area contributed by atoms with Crippen LogP contribution in [0.3, 0.4) is 0 Å². The highest BCUT2D eigenvalue weighted by Crippen LogP contribution is 2.33. The number of carboxylic acids is 1. The smallest absolute Gasteiger partial charge is 0.329 e. The number of carbonyl (C=O) groups excluding carboxylic acids is 1. The van der Waals surface area contributed by atoms with Crippen LogP contribution in [-0.4, -0.2) is 55.7 Å². The van der Waals surface area contributed by atoms with Crippen molar-refractivity contribution >= 4 is 21.7 Å². The molecule has 0 spiro atoms. The maximum absolute atomic E-state index is 12.5. The van der Waals surface area contributed by atoms with Gasteiger partial charge in [-0.05, 0) is 43.5 Å². The van der Waals surface area contributed by atoms with Gasteiger partial charge in [-0.2, -0.15) is 0 Å². The Morgan fingerprint density at radius 3 is 2.26 bits per heavy atom. The molecule has 0 aromatic heterocycles. The molecule has 27 heavy (non-hydrogen) atoms. The molecule has 0 unspecified atom stereocenters. The first-order valence-electron chi connectivity index (χ1n) is 9.10. The van der Waals surface area contributed by atoms with Gasteiger partial charge >= 0.3 is 5.97 Å². The molecular formula is C19H27NO6S. The topological polar surface area (TPSA) is 101 Å². The van der Waals surface area contributed by atoms with Gasteiger partial charge in [0, 0.05) is 19.7 Å². The SMILES string of the molecule is CN(C(=O)CCCOc1ccc(S(C)(=O)=O)cc1)C1(C(=O)O)CCCCC1. The van der Waals surface area contributed by atoms with Gasteiger partial charge in [-0.25, -0.2) is 13.2 Å². The van der Waals surface area contributed by atoms with Crippen molar-refractivity contribution in [3.8, 4) is 5.75 Å². The monoisotopic (exact) mass is 397 g/mol. The van der Waals surface area contributed by atoms with Gasteiger partial charge in [0.25, 0.3) is 0 Å². The van der Waals surface area contributed by atoms with Crippen LogP contribution in [0.5, 0.6) is 5.75 Å². The molecule has 0 saturated heterocycles. The average molecular weight is 397 g/mol. The summed E-state index contributed by atoms with van der Waals surface area (Å²) in [7, 11) is -1.67. The van der Waals surface area contributed by atoms with Crippen molar-refractivity contribution in [3.05, 3.63) is 24.3 Å². The van der Waals surface area contributed by atoms with Gasteiger partial charge in [0.05, 0.1) is 11.5 Å². The van der Waals surface area contributed by atoms with E-state index in [4.69, 9.17) is 4.74 Å². The van der Waals surface area contributed by atoms with Crippen molar-refractivity contribution in [2.24, 2.45) is 0 Å². The number of carboxylic acid groups (broad SMARTS) is 1. The molecule has 0 atom stereocenters. The number of rotatable bonds is 8. The molecule has 150 valence electrons. The van der Waals surface area contributed by atoms with E-state index < -0.39 is 21.3 Å². The zero-order valence-corrected chi connectivity index (χ0v) is 16.6. The van der Waals surface area contributed by atoms with E-state index in [9.17, 15) is 23.1 Å². The molecule has 1 fully saturated rings. The van der Waals surface area contributed by atoms with Crippen molar-refractivity contribution in [2.75, 3.05) is 19.9 Å². The minimum absolute atomic E-state index is 0.199. The van der Waals surface area contributed by atoms with Crippen molar-refractivity contribution in [1.29, 1.82) is 0 Å². The third kappa shape index (κ3) is 5.22. The highest BCUT2D eigenvalue weighted by atomic mass is 32.2. The molecule has 1 amide bonds. The highest BCUT2D eigenvalue weighted by Gasteiger charge is 2.45. The quantitative estimate of drug-likeness (QED) is 0.677. The van der Waals surface area contributed by atoms with E-state index in [0.717, 1.165) is 25.5 Å². The molecule has 7 nitrogen and oxygen atoms in total. The Hall–Kier alpha value is -2.09. The molecule has 0 radical (unpaired) electrons. The zero-order valence-electron chi connectivity index (χ0n) is 15.8. The Morgan fingerprint density at radius 1 is 1.15 bits per heavy atom. The number of ether oxygens (including phenoxy) is 1. The number of nitrogens with zero attached hydrogens (tertiary/aromatic N) is 1. The number of amides is 1. The largest absolute Gasteiger partial charge is 0.494 e. The van der Waals surface area contributed by atoms with E-state index in [1.807, 2.05) is 0 Å². The van der Waals surface area contributed by atoms with Crippen LogP contribution >= 0.6 is 0 Å². The Labute approximate surface area is 160 Å². The van der Waals surface area contributed by atoms with E-state index in [1.54, 1.807) is 19.2 Å². The molecule has 1 aliphatic carbocycles. The molecule has 1 aromatic carbocycles. The predicted octanol–water partition coefficient (Wildman–Crippen LogP) is 2.50. The standard InChI is InChI=1S/C19H27NO6S/c1-20(19(18(22)23)12-4-3-5-13-19)17(21)7-6-14-26-15-8-10-16(11-9-15)27(2,24)25/h8-11H,3-7,12-14H2,1-2H3,(H,22,23). The van der Waals surface area contributed by atoms with Gasteiger partial charge in [0.2, 0.25) is 5.91 Å². The van der Waals surface area contributed by atoms with E-state index in [-0.39, 0.29) is 23.8 Å². The number of aliphatic carboxylic acids is 1. The summed E-state index contributed by atoms with van der Waals surface area (Å²) >= 11 is 0. The Balaban J connectivity index is 1.84. The van der Waals surface area contributed by atoms with Crippen molar-refractivity contribution in [2.45, 2.75) is 55.4 Å². The molecule has 0 bridgehead atoms. The van der Waals surface area contributed by atoms with Gasteiger partial charge < -0.3 is 14.7 Å². The summed E-state index contributed by atoms with van der Waals surface area (Å²) < 4.78 is 28.4. The Bertz CT molecular complexity index is 766. The minimum atomic E-state index is -3.24. The first-order valence-corrected chi connectivity index (χ1v) is 11.0. The molecule has 0 heterocycles. The molecule has 1 aliphatic rings. The molecule has 0 aliphatic heterocycles. The third-order valence-electron chi connectivity index (χ3n) is 5.15. The summed E-state index contributed by atoms with van der Waals surface area (Å²) in [6.07, 6.45) is 5.42. The van der Waals surface area contributed by atoms with Crippen LogP contribution in [0, 0.1) is 0 Å². The lowest BCUT2D eigenvalue weighted by Gasteiger charge is -2.41. The lowest BCUT2D eigenvalue weighted by Crippen LogP contribution is -2.56. The normalized spacial score (nSPS) is 16.5. The molecule has 2 rings (SSSR count). The van der Waals surface area contributed by atoms with Crippen LogP contribution in [0.2, 0.25) is 0 Å². The molecule has 8 heteroatoms. The summed E-state index contributed by atoms with van der Waals surface area (Å²) in [4.78, 5) is 25.9. The molecule has 1 aromatic rings. The summed E-state index contributed by atoms with van der Waals surface area (Å²) in [5.74, 6) is -0.604. The fourth-order valence-corrected chi connectivity index (χ4v) is 4.06. The van der Waals surface area contributed by atoms with E-state index >= 15 is 0 Å². The van der Waals surface area contributed by atoms with Crippen molar-refractivity contribution in [1.82, 2.24) is 4.90 Å². The van der Waals surface area contributed by atoms with Crippen LogP contribution in [0.1, 0.15) is 44.9 Å². The van der Waals surface area contributed by atoms with E-state index in [0.29, 0.717) is 25.0 Å². The number of sulfone groups is 1. The van der Waals surface area contributed by atoms with Crippen LogP contribution < -0.4 is 4.74 Å². The lowest BCUT2D eigenvalue weighted by molar-refractivity contribution is -0.160. The van der Waals surface area contributed by atoms with Gasteiger partial charge in [-0.1, -0.05) is 19.3 Å². The number of hydrogen-bond acceptors (Lipinski definition) is 5. The summed E-state index contributed by atoms with van der Waals surface area (Å²) in [5, 5.41) is 9.65.